The number of anilines is 2. The van der Waals surface area contributed by atoms with E-state index in [9.17, 15) is 9.59 Å². The molecule has 2 N–H and O–H groups in total. The summed E-state index contributed by atoms with van der Waals surface area (Å²) in [5.41, 5.74) is 2.61. The zero-order valence-corrected chi connectivity index (χ0v) is 16.1. The lowest BCUT2D eigenvalue weighted by Crippen LogP contribution is -2.19. The van der Waals surface area contributed by atoms with Gasteiger partial charge in [-0.3, -0.25) is 14.2 Å². The van der Waals surface area contributed by atoms with E-state index in [1.165, 1.54) is 12.7 Å². The highest BCUT2D eigenvalue weighted by Gasteiger charge is 2.16. The number of carbonyl (C=O) groups is 2. The van der Waals surface area contributed by atoms with Crippen LogP contribution >= 0.6 is 0 Å². The molecule has 4 aromatic rings. The number of benzene rings is 2. The predicted molar refractivity (Wildman–Crippen MR) is 113 cm³/mol. The molecule has 8 nitrogen and oxygen atoms in total. The summed E-state index contributed by atoms with van der Waals surface area (Å²) in [5.74, 6) is -0.231. The van der Waals surface area contributed by atoms with Gasteiger partial charge in [-0.1, -0.05) is 36.4 Å². The number of hydrogen-bond acceptors (Lipinski definition) is 5. The van der Waals surface area contributed by atoms with Crippen LogP contribution in [0, 0.1) is 6.92 Å². The van der Waals surface area contributed by atoms with Crippen molar-refractivity contribution in [1.29, 1.82) is 0 Å². The fraction of sp³-hybridized carbons (Fsp3) is 0.0455. The van der Waals surface area contributed by atoms with Crippen molar-refractivity contribution in [2.24, 2.45) is 0 Å². The van der Waals surface area contributed by atoms with E-state index < -0.39 is 5.91 Å². The molecule has 0 saturated heterocycles. The predicted octanol–water partition coefficient (Wildman–Crippen LogP) is 3.48. The molecule has 2 heterocycles. The van der Waals surface area contributed by atoms with Crippen LogP contribution in [0.2, 0.25) is 0 Å². The van der Waals surface area contributed by atoms with Gasteiger partial charge in [0.2, 0.25) is 0 Å². The SMILES string of the molecule is Cc1ccccc1NC(=O)c1ccccc1NC(=O)c1cccc(-n2cnnc2)n1. The minimum absolute atomic E-state index is 0.204. The molecule has 0 fully saturated rings. The van der Waals surface area contributed by atoms with E-state index in [0.717, 1.165) is 5.56 Å². The van der Waals surface area contributed by atoms with Gasteiger partial charge in [-0.05, 0) is 42.8 Å². The zero-order chi connectivity index (χ0) is 20.9. The molecule has 2 amide bonds. The first-order valence-corrected chi connectivity index (χ1v) is 9.21. The Labute approximate surface area is 172 Å². The number of rotatable bonds is 5. The molecule has 2 aromatic heterocycles. The molecule has 30 heavy (non-hydrogen) atoms. The summed E-state index contributed by atoms with van der Waals surface area (Å²) in [6, 6.07) is 19.4. The Morgan fingerprint density at radius 1 is 0.767 bits per heavy atom. The van der Waals surface area contributed by atoms with E-state index >= 15 is 0 Å². The van der Waals surface area contributed by atoms with Gasteiger partial charge < -0.3 is 10.6 Å². The van der Waals surface area contributed by atoms with Gasteiger partial charge in [0, 0.05) is 5.69 Å². The average Bonchev–Trinajstić information content (AvgIpc) is 3.31. The molecule has 0 bridgehead atoms. The Morgan fingerprint density at radius 2 is 1.43 bits per heavy atom. The summed E-state index contributed by atoms with van der Waals surface area (Å²) in [6.45, 7) is 1.91. The lowest BCUT2D eigenvalue weighted by Gasteiger charge is -2.13. The largest absolute Gasteiger partial charge is 0.322 e. The molecular weight excluding hydrogens is 380 g/mol. The van der Waals surface area contributed by atoms with Crippen LogP contribution in [0.4, 0.5) is 11.4 Å². The molecule has 0 unspecified atom stereocenters. The third-order valence-electron chi connectivity index (χ3n) is 4.46. The molecule has 2 aromatic carbocycles. The van der Waals surface area contributed by atoms with E-state index in [-0.39, 0.29) is 11.6 Å². The van der Waals surface area contributed by atoms with Crippen molar-refractivity contribution in [3.8, 4) is 5.82 Å². The van der Waals surface area contributed by atoms with Crippen molar-refractivity contribution in [1.82, 2.24) is 19.7 Å². The van der Waals surface area contributed by atoms with Crippen LogP contribution in [0.1, 0.15) is 26.4 Å². The van der Waals surface area contributed by atoms with Gasteiger partial charge in [0.15, 0.2) is 0 Å². The number of aromatic nitrogens is 4. The fourth-order valence-corrected chi connectivity index (χ4v) is 2.89. The van der Waals surface area contributed by atoms with Crippen molar-refractivity contribution in [3.63, 3.8) is 0 Å². The fourth-order valence-electron chi connectivity index (χ4n) is 2.89. The van der Waals surface area contributed by atoms with E-state index in [0.29, 0.717) is 22.8 Å². The third kappa shape index (κ3) is 4.07. The number of nitrogens with one attached hydrogen (secondary N) is 2. The van der Waals surface area contributed by atoms with Crippen LogP contribution in [-0.4, -0.2) is 31.6 Å². The lowest BCUT2D eigenvalue weighted by atomic mass is 10.1. The Hall–Kier alpha value is -4.33. The molecular formula is C22H18N6O2. The Bertz CT molecular complexity index is 1200. The minimum atomic E-state index is -0.430. The number of nitrogens with zero attached hydrogens (tertiary/aromatic N) is 4. The summed E-state index contributed by atoms with van der Waals surface area (Å²) in [4.78, 5) is 29.9. The maximum Gasteiger partial charge on any atom is 0.274 e. The van der Waals surface area contributed by atoms with Crippen LogP contribution in [0.3, 0.4) is 0 Å². The second-order valence-electron chi connectivity index (χ2n) is 6.52. The summed E-state index contributed by atoms with van der Waals surface area (Å²) in [6.07, 6.45) is 2.99. The Morgan fingerprint density at radius 3 is 2.20 bits per heavy atom. The number of hydrogen-bond donors (Lipinski definition) is 2. The van der Waals surface area contributed by atoms with Crippen LogP contribution in [0.25, 0.3) is 5.82 Å². The minimum Gasteiger partial charge on any atom is -0.322 e. The Balaban J connectivity index is 1.56. The van der Waals surface area contributed by atoms with Gasteiger partial charge in [-0.2, -0.15) is 0 Å². The molecule has 148 valence electrons. The van der Waals surface area contributed by atoms with Crippen molar-refractivity contribution in [2.75, 3.05) is 10.6 Å². The first kappa shape index (κ1) is 19.0. The number of aryl methyl sites for hydroxylation is 1. The second-order valence-corrected chi connectivity index (χ2v) is 6.52. The summed E-state index contributed by atoms with van der Waals surface area (Å²) >= 11 is 0. The van der Waals surface area contributed by atoms with Crippen molar-refractivity contribution in [3.05, 3.63) is 96.2 Å². The maximum atomic E-state index is 12.8. The zero-order valence-electron chi connectivity index (χ0n) is 16.1. The normalized spacial score (nSPS) is 10.4. The number of carbonyl (C=O) groups excluding carboxylic acids is 2. The average molecular weight is 398 g/mol. The van der Waals surface area contributed by atoms with Gasteiger partial charge in [0.05, 0.1) is 11.3 Å². The number of amides is 2. The van der Waals surface area contributed by atoms with Crippen LogP contribution in [0.15, 0.2) is 79.4 Å². The van der Waals surface area contributed by atoms with Crippen LogP contribution in [0.5, 0.6) is 0 Å². The van der Waals surface area contributed by atoms with Gasteiger partial charge in [-0.25, -0.2) is 4.98 Å². The summed E-state index contributed by atoms with van der Waals surface area (Å²) in [5, 5.41) is 13.1. The van der Waals surface area contributed by atoms with E-state index in [1.54, 1.807) is 47.0 Å². The van der Waals surface area contributed by atoms with Crippen molar-refractivity contribution in [2.45, 2.75) is 6.92 Å². The molecule has 0 aliphatic rings. The first-order valence-electron chi connectivity index (χ1n) is 9.21. The second kappa shape index (κ2) is 8.36. The molecule has 0 spiro atoms. The molecule has 0 aliphatic heterocycles. The lowest BCUT2D eigenvalue weighted by molar-refractivity contribution is 0.102. The van der Waals surface area contributed by atoms with Crippen molar-refractivity contribution >= 4 is 23.2 Å². The standard InChI is InChI=1S/C22H18N6O2/c1-15-7-2-4-9-17(15)26-21(29)16-8-3-5-10-18(16)27-22(30)19-11-6-12-20(25-19)28-13-23-24-14-28/h2-14H,1H3,(H,26,29)(H,27,30). The van der Waals surface area contributed by atoms with Crippen LogP contribution < -0.4 is 10.6 Å². The van der Waals surface area contributed by atoms with E-state index in [2.05, 4.69) is 25.8 Å². The third-order valence-corrected chi connectivity index (χ3v) is 4.46. The van der Waals surface area contributed by atoms with Crippen LogP contribution in [-0.2, 0) is 0 Å². The molecule has 4 rings (SSSR count). The Kier molecular flexibility index (Phi) is 5.29. The van der Waals surface area contributed by atoms with Gasteiger partial charge in [0.25, 0.3) is 11.8 Å². The monoisotopic (exact) mass is 398 g/mol. The molecule has 8 heteroatoms. The molecule has 0 atom stereocenters. The van der Waals surface area contributed by atoms with E-state index in [1.807, 2.05) is 31.2 Å². The highest BCUT2D eigenvalue weighted by molar-refractivity contribution is 6.12. The smallest absolute Gasteiger partial charge is 0.274 e. The highest BCUT2D eigenvalue weighted by atomic mass is 16.2. The quantitative estimate of drug-likeness (QED) is 0.536. The summed E-state index contributed by atoms with van der Waals surface area (Å²) < 4.78 is 1.60. The molecule has 0 radical (unpaired) electrons. The van der Waals surface area contributed by atoms with Gasteiger partial charge in [-0.15, -0.1) is 10.2 Å². The number of para-hydroxylation sites is 2. The molecule has 0 aliphatic carbocycles. The highest BCUT2D eigenvalue weighted by Crippen LogP contribution is 2.20. The van der Waals surface area contributed by atoms with E-state index in [4.69, 9.17) is 0 Å². The number of pyridine rings is 1. The van der Waals surface area contributed by atoms with Gasteiger partial charge in [0.1, 0.15) is 24.2 Å². The molecule has 0 saturated carbocycles. The maximum absolute atomic E-state index is 12.8. The van der Waals surface area contributed by atoms with Crippen molar-refractivity contribution < 1.29 is 9.59 Å². The van der Waals surface area contributed by atoms with Gasteiger partial charge >= 0.3 is 0 Å². The summed E-state index contributed by atoms with van der Waals surface area (Å²) in [7, 11) is 0. The first-order chi connectivity index (χ1) is 14.6. The topological polar surface area (TPSA) is 102 Å².